The van der Waals surface area contributed by atoms with E-state index in [0.29, 0.717) is 103 Å². The molecule has 7 N–H and O–H groups in total. The molecule has 1 aromatic carbocycles. The molecule has 4 unspecified atom stereocenters. The van der Waals surface area contributed by atoms with Crippen LogP contribution < -0.4 is 42.8 Å². The van der Waals surface area contributed by atoms with Gasteiger partial charge in [-0.1, -0.05) is 6.92 Å². The molecule has 0 bridgehead atoms. The number of hydrogen-bond donors (Lipinski definition) is 7. The Hall–Kier alpha value is -6.56. The number of nitrogens with one attached hydrogen (secondary N) is 7. The zero-order valence-corrected chi connectivity index (χ0v) is 51.3. The van der Waals surface area contributed by atoms with Gasteiger partial charge < -0.3 is 24.1 Å². The maximum atomic E-state index is 15.4. The maximum absolute atomic E-state index is 15.4. The van der Waals surface area contributed by atoms with Crippen molar-refractivity contribution < 1.29 is 66.5 Å². The molecule has 8 rings (SSSR count). The van der Waals surface area contributed by atoms with Crippen LogP contribution in [0.3, 0.4) is 0 Å². The Labute approximate surface area is 489 Å². The Kier molecular flexibility index (Phi) is 20.9. The number of methoxy groups -OCH3 is 1. The summed E-state index contributed by atoms with van der Waals surface area (Å²) in [5, 5.41) is 19.1. The number of amides is 8. The summed E-state index contributed by atoms with van der Waals surface area (Å²) >= 11 is 0.491. The van der Waals surface area contributed by atoms with E-state index in [1.807, 2.05) is 33.9 Å². The second-order valence-electron chi connectivity index (χ2n) is 22.0. The van der Waals surface area contributed by atoms with Gasteiger partial charge in [0.1, 0.15) is 12.4 Å². The molecule has 1 saturated carbocycles. The summed E-state index contributed by atoms with van der Waals surface area (Å²) in [7, 11) is 3.67. The fraction of sp³-hybridized carbons (Fsp3) is 0.554. The Morgan fingerprint density at radius 1 is 0.866 bits per heavy atom. The van der Waals surface area contributed by atoms with Crippen LogP contribution in [-0.4, -0.2) is 177 Å². The fourth-order valence-corrected chi connectivity index (χ4v) is 11.1. The first-order valence-corrected chi connectivity index (χ1v) is 30.0. The average Bonchev–Trinajstić information content (AvgIpc) is 1.85. The number of esters is 1. The second kappa shape index (κ2) is 27.2. The van der Waals surface area contributed by atoms with Gasteiger partial charge in [0.05, 0.1) is 58.8 Å². The number of aryl methyl sites for hydroxylation is 1. The van der Waals surface area contributed by atoms with E-state index in [-0.39, 0.29) is 46.5 Å². The van der Waals surface area contributed by atoms with Crippen LogP contribution in [0.2, 0.25) is 3.98 Å². The Morgan fingerprint density at radius 3 is 2.20 bits per heavy atom. The molecule has 2 aromatic heterocycles. The van der Waals surface area contributed by atoms with Gasteiger partial charge in [-0.15, -0.1) is 0 Å². The zero-order valence-electron chi connectivity index (χ0n) is 47.4. The molecule has 5 aliphatic rings. The minimum absolute atomic E-state index is 0.0845. The number of nitrogens with zero attached hydrogens (tertiary/aromatic N) is 3. The number of pyridine rings is 2. The molecule has 3 aromatic rings. The van der Waals surface area contributed by atoms with E-state index in [0.717, 1.165) is 47.2 Å². The van der Waals surface area contributed by atoms with Gasteiger partial charge in [0, 0.05) is 36.3 Å². The number of imide groups is 1. The number of carbonyl (C=O) groups is 9. The van der Waals surface area contributed by atoms with Gasteiger partial charge in [0.2, 0.25) is 0 Å². The van der Waals surface area contributed by atoms with E-state index in [1.54, 1.807) is 18.6 Å². The molecule has 3 aliphatic heterocycles. The van der Waals surface area contributed by atoms with Gasteiger partial charge in [-0.3, -0.25) is 19.2 Å². The van der Waals surface area contributed by atoms with E-state index >= 15 is 4.39 Å². The summed E-state index contributed by atoms with van der Waals surface area (Å²) in [6.07, 6.45) is 4.84. The molecule has 2 aliphatic carbocycles. The van der Waals surface area contributed by atoms with Crippen molar-refractivity contribution in [1.29, 1.82) is 0 Å². The van der Waals surface area contributed by atoms with Gasteiger partial charge in [-0.25, -0.2) is 9.37 Å². The van der Waals surface area contributed by atoms with Crippen LogP contribution in [-0.2, 0) is 81.7 Å². The third-order valence-corrected chi connectivity index (χ3v) is 16.7. The van der Waals surface area contributed by atoms with E-state index in [4.69, 9.17) is 23.9 Å². The summed E-state index contributed by atoms with van der Waals surface area (Å²) in [5.41, 5.74) is 4.51. The first-order chi connectivity index (χ1) is 38.9. The Balaban J connectivity index is 0.000000610. The van der Waals surface area contributed by atoms with Gasteiger partial charge in [0.25, 0.3) is 17.4 Å². The smallest absolute Gasteiger partial charge is 0.376 e. The predicted molar refractivity (Wildman–Crippen MR) is 295 cm³/mol. The number of halogens is 1. The van der Waals surface area contributed by atoms with Crippen molar-refractivity contribution in [3.63, 3.8) is 0 Å². The van der Waals surface area contributed by atoms with Crippen molar-refractivity contribution in [1.82, 2.24) is 51.7 Å². The zero-order chi connectivity index (χ0) is 59.8. The molecule has 26 heteroatoms. The van der Waals surface area contributed by atoms with E-state index in [2.05, 4.69) is 51.1 Å². The molecule has 24 nitrogen and oxygen atoms in total. The number of hydrogen-bond acceptors (Lipinski definition) is 16. The first kappa shape index (κ1) is 63.0. The van der Waals surface area contributed by atoms with Crippen LogP contribution >= 0.6 is 0 Å². The van der Waals surface area contributed by atoms with Crippen molar-refractivity contribution in [3.05, 3.63) is 73.8 Å². The predicted octanol–water partition coefficient (Wildman–Crippen LogP) is 0.557. The first-order valence-electron chi connectivity index (χ1n) is 27.3. The van der Waals surface area contributed by atoms with Crippen molar-refractivity contribution in [2.75, 3.05) is 60.2 Å². The summed E-state index contributed by atoms with van der Waals surface area (Å²) < 4.78 is 39.7. The van der Waals surface area contributed by atoms with Crippen LogP contribution in [0.4, 0.5) is 4.39 Å². The van der Waals surface area contributed by atoms with Crippen molar-refractivity contribution in [2.45, 2.75) is 133 Å². The van der Waals surface area contributed by atoms with Gasteiger partial charge in [-0.2, -0.15) is 0 Å². The Bertz CT molecular complexity index is 3110. The molecule has 82 heavy (non-hydrogen) atoms. The normalized spacial score (nSPS) is 17.6. The van der Waals surface area contributed by atoms with Crippen LogP contribution in [0, 0.1) is 18.7 Å². The van der Waals surface area contributed by atoms with E-state index in [9.17, 15) is 47.9 Å². The van der Waals surface area contributed by atoms with Crippen LogP contribution in [0.1, 0.15) is 112 Å². The fourth-order valence-electron chi connectivity index (χ4n) is 9.95. The summed E-state index contributed by atoms with van der Waals surface area (Å²) in [6, 6.07) is 1.62. The topological polar surface area (TPSA) is 313 Å². The van der Waals surface area contributed by atoms with Crippen molar-refractivity contribution >= 4 is 89.9 Å². The van der Waals surface area contributed by atoms with Crippen LogP contribution in [0.15, 0.2) is 29.1 Å². The molecule has 5 heterocycles. The molecule has 8 amide bonds. The van der Waals surface area contributed by atoms with Gasteiger partial charge >= 0.3 is 205 Å². The van der Waals surface area contributed by atoms with E-state index in [1.165, 1.54) is 6.07 Å². The summed E-state index contributed by atoms with van der Waals surface area (Å²) in [4.78, 5) is 132. The second-order valence-corrected chi connectivity index (χ2v) is 23.5. The summed E-state index contributed by atoms with van der Waals surface area (Å²) in [6.45, 7) is 11.0. The molecular weight excluding hydrogens is 1260 g/mol. The Morgan fingerprint density at radius 2 is 1.54 bits per heavy atom. The monoisotopic (exact) mass is 1340 g/mol. The third-order valence-electron chi connectivity index (χ3n) is 15.1. The molecule has 3 radical (unpaired) electrons. The van der Waals surface area contributed by atoms with Crippen LogP contribution in [0.5, 0.6) is 0 Å². The van der Waals surface area contributed by atoms with Crippen molar-refractivity contribution in [2.24, 2.45) is 5.92 Å². The van der Waals surface area contributed by atoms with E-state index < -0.39 is 109 Å². The number of benzene rings is 1. The van der Waals surface area contributed by atoms with Crippen molar-refractivity contribution in [3.8, 4) is 11.4 Å². The molecule has 0 spiro atoms. The van der Waals surface area contributed by atoms with Crippen LogP contribution in [0.25, 0.3) is 22.3 Å². The quantitative estimate of drug-likeness (QED) is 0.0206. The number of aromatic nitrogens is 2. The molecule has 0 saturated heterocycles. The minimum Gasteiger partial charge on any atom is -0.376 e. The third kappa shape index (κ3) is 15.2. The molecular formula is C56H72FN10O14Pb. The number of carbonyl (C=O) groups excluding carboxylic acids is 9. The minimum atomic E-state index is -1.01. The molecule has 1 fully saturated rings. The standard InChI is InChI=1S/C45H47FN9O12.C11H25NO2.Pb/c1-4-23-25-11-31-40-26(16-54(31)44(64)27(25)18-66-45(23)65)39-29(8-7-24-20(2)28(46)12-30(52-40)38(24)39)53-43(63)41(22-5-6-22)67-19-50-33(57)14-49-42(62)21(3)51-34(58)15-47-32(56)13-48-35(59)17-55-36(60)9-10-37(55)61;1-10(2,7-8-12-5)14-9-11(3,4)13-6;/h9-12,21-23,29,41H,3-8,13-19H2,1-2H3,(H,47,56)(H,48,59)(H,49,62)(H,50,57)(H,51,58)(H,53,63);12H,7-9H2,1-6H3;. The molecule has 4 atom stereocenters. The SMILES string of the molecule is CCC1C(=O)OCc2c1cc1n(c2=O)Cc2c-1nc1cc(F)c(C)c3c1c2C(NC(=O)C(OCNC(=O)CNC(=O)C([CH2][Pb])NC(=O)CNC(=O)CNC(=O)CN1C(=O)C=CC1=O)C1CC1)CC3.CNCCC(C)(C)OCC(C)(C)OC. The molecule has 441 valence electrons. The van der Waals surface area contributed by atoms with Gasteiger partial charge in [-0.05, 0) is 102 Å². The summed E-state index contributed by atoms with van der Waals surface area (Å²) in [5.74, 6) is -6.78. The average molecular weight is 1340 g/mol. The number of cyclic esters (lactones) is 1. The number of ether oxygens (including phenoxy) is 4. The van der Waals surface area contributed by atoms with Gasteiger partial charge in [0.15, 0.2) is 0 Å². The number of fused-ring (bicyclic) bond motifs is 5. The number of rotatable bonds is 25.